The molecule has 0 spiro atoms. The Morgan fingerprint density at radius 3 is 1.91 bits per heavy atom. The molecule has 29 atom stereocenters. The number of aliphatic carboxylic acids is 1. The number of allylic oxidation sites excluding steroid dienone is 2. The summed E-state index contributed by atoms with van der Waals surface area (Å²) in [6.45, 7) is 15.8. The summed E-state index contributed by atoms with van der Waals surface area (Å²) in [5.74, 6) is -1.30. The van der Waals surface area contributed by atoms with Gasteiger partial charge in [-0.2, -0.15) is 0 Å². The zero-order valence-corrected chi connectivity index (χ0v) is 44.4. The second-order valence-corrected chi connectivity index (χ2v) is 25.9. The Morgan fingerprint density at radius 2 is 1.25 bits per heavy atom. The minimum Gasteiger partial charge on any atom is -0.479 e. The molecule has 430 valence electrons. The Bertz CT molecular complexity index is 2080. The van der Waals surface area contributed by atoms with Gasteiger partial charge in [0.2, 0.25) is 0 Å². The van der Waals surface area contributed by atoms with Crippen LogP contribution in [0.15, 0.2) is 11.6 Å². The van der Waals surface area contributed by atoms with Crippen molar-refractivity contribution in [2.75, 3.05) is 19.8 Å². The molecule has 22 heteroatoms. The number of rotatable bonds is 11. The van der Waals surface area contributed by atoms with Crippen LogP contribution in [0, 0.1) is 50.2 Å². The van der Waals surface area contributed by atoms with Gasteiger partial charge >= 0.3 is 5.97 Å². The molecule has 0 aromatic rings. The van der Waals surface area contributed by atoms with Crippen molar-refractivity contribution in [1.29, 1.82) is 0 Å². The monoisotopic (exact) mass is 1070 g/mol. The van der Waals surface area contributed by atoms with Crippen LogP contribution in [0.1, 0.15) is 113 Å². The lowest BCUT2D eigenvalue weighted by atomic mass is 9.33. The average molecular weight is 1080 g/mol. The second-order valence-electron chi connectivity index (χ2n) is 25.9. The highest BCUT2D eigenvalue weighted by Crippen LogP contribution is 2.76. The minimum absolute atomic E-state index is 0.115. The number of carboxylic acids is 1. The number of carboxylic acid groups (broad SMARTS) is 1. The van der Waals surface area contributed by atoms with Gasteiger partial charge in [0.25, 0.3) is 0 Å². The summed E-state index contributed by atoms with van der Waals surface area (Å²) in [4.78, 5) is 12.5. The fourth-order valence-corrected chi connectivity index (χ4v) is 16.3. The van der Waals surface area contributed by atoms with Crippen LogP contribution in [-0.4, -0.2) is 221 Å². The van der Waals surface area contributed by atoms with Crippen molar-refractivity contribution in [3.05, 3.63) is 11.6 Å². The maximum atomic E-state index is 12.5. The summed E-state index contributed by atoms with van der Waals surface area (Å²) in [6, 6.07) is 0. The molecule has 13 N–H and O–H groups in total. The number of aliphatic hydroxyl groups excluding tert-OH is 12. The number of hydrogen-bond acceptors (Lipinski definition) is 21. The van der Waals surface area contributed by atoms with Crippen molar-refractivity contribution in [2.24, 2.45) is 50.2 Å². The van der Waals surface area contributed by atoms with Crippen LogP contribution in [0.3, 0.4) is 0 Å². The molecular weight excluding hydrogens is 989 g/mol. The van der Waals surface area contributed by atoms with Crippen molar-refractivity contribution in [3.8, 4) is 0 Å². The van der Waals surface area contributed by atoms with E-state index in [0.717, 1.165) is 38.5 Å². The molecule has 5 aliphatic carbocycles. The standard InChI is InChI=1S/C53H86O22/c1-22-31(57)34(60)38(64)44(69-22)74-41-32(58)25(56)20-68-46(41)75-42-37(63)36(62)40(43(66)67)73-47(42)71-29-12-13-50(5)27(51(29,6)21-55)11-14-53(8)28(50)10-9-23-24-17-48(2,3)30(18-49(24,4)15-16-52(23,53)7)72-45-39(65)35(61)33(59)26(19-54)70-45/h9,22,24-42,44-47,54-65H,10-21H2,1-8H3,(H,66,67)/t22-,24-,25+,26+,27+,28+,29-,30+,31-,32-,33+,34+,35-,36-,37-,38+,39+,40-,41+,42+,44-,45-,46-,47+,49-,50-,51+,52+,53+/m0/s1. The van der Waals surface area contributed by atoms with Gasteiger partial charge in [0.15, 0.2) is 31.3 Å². The summed E-state index contributed by atoms with van der Waals surface area (Å²) >= 11 is 0. The maximum Gasteiger partial charge on any atom is 0.335 e. The molecule has 0 bridgehead atoms. The lowest BCUT2D eigenvalue weighted by Gasteiger charge is -2.72. The van der Waals surface area contributed by atoms with E-state index < -0.39 is 147 Å². The third kappa shape index (κ3) is 9.40. The van der Waals surface area contributed by atoms with Gasteiger partial charge < -0.3 is 104 Å². The van der Waals surface area contributed by atoms with E-state index in [9.17, 15) is 71.2 Å². The van der Waals surface area contributed by atoms with Crippen molar-refractivity contribution in [2.45, 2.75) is 242 Å². The van der Waals surface area contributed by atoms with Crippen LogP contribution in [0.2, 0.25) is 0 Å². The highest BCUT2D eigenvalue weighted by Gasteiger charge is 2.70. The third-order valence-electron chi connectivity index (χ3n) is 21.3. The molecule has 0 aromatic carbocycles. The topological polar surface area (TPSA) is 354 Å². The second kappa shape index (κ2) is 20.7. The van der Waals surface area contributed by atoms with Crippen LogP contribution >= 0.6 is 0 Å². The van der Waals surface area contributed by atoms with Gasteiger partial charge in [0.1, 0.15) is 79.4 Å². The maximum absolute atomic E-state index is 12.5. The van der Waals surface area contributed by atoms with E-state index in [0.29, 0.717) is 19.3 Å². The molecule has 0 aromatic heterocycles. The van der Waals surface area contributed by atoms with Crippen LogP contribution in [0.5, 0.6) is 0 Å². The molecular formula is C53H86O22. The lowest BCUT2D eigenvalue weighted by molar-refractivity contribution is -0.387. The zero-order valence-electron chi connectivity index (χ0n) is 44.4. The first-order chi connectivity index (χ1) is 35.0. The van der Waals surface area contributed by atoms with E-state index in [2.05, 4.69) is 47.6 Å². The summed E-state index contributed by atoms with van der Waals surface area (Å²) < 4.78 is 48.5. The number of hydrogen-bond donors (Lipinski definition) is 13. The largest absolute Gasteiger partial charge is 0.479 e. The molecule has 9 aliphatic rings. The van der Waals surface area contributed by atoms with Crippen LogP contribution < -0.4 is 0 Å². The number of carbonyl (C=O) groups is 1. The Kier molecular flexibility index (Phi) is 16.1. The van der Waals surface area contributed by atoms with Crippen molar-refractivity contribution in [3.63, 3.8) is 0 Å². The SMILES string of the molecule is C[C@@H]1O[C@@H](O[C@H]2[C@H](O[C@H]3[C@H](O[C@H]4CC[C@@]5(C)[C@@H](CC[C@]6(C)[C@@H]5CC=C5[C@@H]7CC(C)(C)[C@H](O[C@@H]8O[C@H](CO)[C@@H](O)[C@H](O)[C@H]8O)C[C@]7(C)CC[C@]56C)[C@@]4(C)CO)O[C@H](C(=O)O)[C@@H](O)[C@@H]3O)OC[C@@H](O)[C@@H]2O)[C@H](O)[C@H](O)[C@H]1O. The van der Waals surface area contributed by atoms with Crippen LogP contribution in [-0.2, 0) is 42.7 Å². The summed E-state index contributed by atoms with van der Waals surface area (Å²) in [5, 5.41) is 140. The molecule has 4 saturated carbocycles. The Hall–Kier alpha value is -1.59. The molecule has 0 amide bonds. The zero-order chi connectivity index (χ0) is 54.9. The highest BCUT2D eigenvalue weighted by molar-refractivity contribution is 5.73. The average Bonchev–Trinajstić information content (AvgIpc) is 3.35. The molecule has 8 fully saturated rings. The predicted octanol–water partition coefficient (Wildman–Crippen LogP) is -0.832. The van der Waals surface area contributed by atoms with E-state index in [1.54, 1.807) is 0 Å². The highest BCUT2D eigenvalue weighted by atomic mass is 16.8. The van der Waals surface area contributed by atoms with Gasteiger partial charge in [0.05, 0.1) is 38.1 Å². The molecule has 0 radical (unpaired) electrons. The first-order valence-electron chi connectivity index (χ1n) is 27.2. The van der Waals surface area contributed by atoms with Gasteiger partial charge in [0, 0.05) is 5.41 Å². The van der Waals surface area contributed by atoms with Gasteiger partial charge in [-0.15, -0.1) is 0 Å². The van der Waals surface area contributed by atoms with Crippen molar-refractivity contribution >= 4 is 5.97 Å². The van der Waals surface area contributed by atoms with Gasteiger partial charge in [-0.1, -0.05) is 60.1 Å². The quantitative estimate of drug-likeness (QED) is 0.0887. The van der Waals surface area contributed by atoms with E-state index >= 15 is 0 Å². The molecule has 0 unspecified atom stereocenters. The summed E-state index contributed by atoms with van der Waals surface area (Å²) in [6.07, 6.45) is -22.7. The molecule has 4 saturated heterocycles. The molecule has 75 heavy (non-hydrogen) atoms. The Labute approximate surface area is 437 Å². The molecule has 4 heterocycles. The van der Waals surface area contributed by atoms with Gasteiger partial charge in [-0.05, 0) is 110 Å². The normalized spacial score (nSPS) is 55.9. The van der Waals surface area contributed by atoms with Crippen molar-refractivity contribution in [1.82, 2.24) is 0 Å². The van der Waals surface area contributed by atoms with E-state index in [1.807, 2.05) is 6.92 Å². The predicted molar refractivity (Wildman–Crippen MR) is 257 cm³/mol. The minimum atomic E-state index is -2.05. The number of aliphatic hydroxyl groups is 12. The Morgan fingerprint density at radius 1 is 0.627 bits per heavy atom. The summed E-state index contributed by atoms with van der Waals surface area (Å²) in [5.41, 5.74) is -0.720. The fraction of sp³-hybridized carbons (Fsp3) is 0.943. The number of fused-ring (bicyclic) bond motifs is 7. The number of ether oxygens (including phenoxy) is 8. The molecule has 4 aliphatic heterocycles. The van der Waals surface area contributed by atoms with Crippen LogP contribution in [0.25, 0.3) is 0 Å². The summed E-state index contributed by atoms with van der Waals surface area (Å²) in [7, 11) is 0. The third-order valence-corrected chi connectivity index (χ3v) is 21.3. The van der Waals surface area contributed by atoms with E-state index in [1.165, 1.54) is 12.5 Å². The van der Waals surface area contributed by atoms with Gasteiger partial charge in [-0.25, -0.2) is 4.79 Å². The van der Waals surface area contributed by atoms with E-state index in [-0.39, 0.29) is 57.5 Å². The molecule has 9 rings (SSSR count). The molecule has 22 nitrogen and oxygen atoms in total. The smallest absolute Gasteiger partial charge is 0.335 e. The van der Waals surface area contributed by atoms with Crippen LogP contribution in [0.4, 0.5) is 0 Å². The van der Waals surface area contributed by atoms with Gasteiger partial charge in [-0.3, -0.25) is 0 Å². The van der Waals surface area contributed by atoms with E-state index in [4.69, 9.17) is 37.9 Å². The van der Waals surface area contributed by atoms with Crippen molar-refractivity contribution < 1.29 is 109 Å². The Balaban J connectivity index is 0.947. The first kappa shape index (κ1) is 58.1. The first-order valence-corrected chi connectivity index (χ1v) is 27.2. The lowest BCUT2D eigenvalue weighted by Crippen LogP contribution is -2.68. The fourth-order valence-electron chi connectivity index (χ4n) is 16.3.